The predicted octanol–water partition coefficient (Wildman–Crippen LogP) is 4.27. The maximum absolute atomic E-state index is 13.7. The molecule has 2 amide bonds. The third kappa shape index (κ3) is 4.45. The molecule has 0 radical (unpaired) electrons. The second-order valence-corrected chi connectivity index (χ2v) is 9.17. The highest BCUT2D eigenvalue weighted by atomic mass is 35.5. The minimum absolute atomic E-state index is 0.176. The van der Waals surface area contributed by atoms with Gasteiger partial charge in [0.15, 0.2) is 11.5 Å². The molecule has 1 atom stereocenters. The number of methoxy groups -OCH3 is 3. The number of ether oxygens (including phenoxy) is 3. The lowest BCUT2D eigenvalue weighted by atomic mass is 9.98. The second kappa shape index (κ2) is 10.2. The molecule has 5 rings (SSSR count). The van der Waals surface area contributed by atoms with Gasteiger partial charge in [-0.15, -0.1) is 0 Å². The molecule has 3 aromatic carbocycles. The summed E-state index contributed by atoms with van der Waals surface area (Å²) in [6.45, 7) is -0.359. The topological polar surface area (TPSA) is 97.7 Å². The van der Waals surface area contributed by atoms with Gasteiger partial charge in [0.25, 0.3) is 17.6 Å². The molecule has 0 saturated heterocycles. The van der Waals surface area contributed by atoms with E-state index in [0.717, 1.165) is 11.1 Å². The number of hydrogen-bond donors (Lipinski definition) is 0. The summed E-state index contributed by atoms with van der Waals surface area (Å²) in [5.41, 5.74) is 2.82. The van der Waals surface area contributed by atoms with Gasteiger partial charge in [-0.25, -0.2) is 5.01 Å². The molecule has 0 aromatic heterocycles. The van der Waals surface area contributed by atoms with Crippen LogP contribution in [0.15, 0.2) is 65.8 Å². The van der Waals surface area contributed by atoms with Gasteiger partial charge >= 0.3 is 0 Å². The lowest BCUT2D eigenvalue weighted by Gasteiger charge is -2.25. The number of carbonyl (C=O) groups is 3. The number of ketones is 1. The summed E-state index contributed by atoms with van der Waals surface area (Å²) < 4.78 is 16.1. The first-order chi connectivity index (χ1) is 18.3. The van der Waals surface area contributed by atoms with Crippen molar-refractivity contribution in [3.05, 3.63) is 82.4 Å². The van der Waals surface area contributed by atoms with Crippen LogP contribution >= 0.6 is 11.6 Å². The Kier molecular flexibility index (Phi) is 6.77. The molecule has 9 nitrogen and oxygen atoms in total. The summed E-state index contributed by atoms with van der Waals surface area (Å²) in [6.07, 6.45) is 0.423. The van der Waals surface area contributed by atoms with Gasteiger partial charge in [0.1, 0.15) is 12.3 Å². The van der Waals surface area contributed by atoms with Crippen LogP contribution in [-0.2, 0) is 9.59 Å². The van der Waals surface area contributed by atoms with E-state index < -0.39 is 23.6 Å². The Labute approximate surface area is 224 Å². The number of Topliss-reactive ketones (excluding diaryl/α,β-unsaturated/α-hetero) is 1. The van der Waals surface area contributed by atoms with Gasteiger partial charge in [0.2, 0.25) is 0 Å². The third-order valence-electron chi connectivity index (χ3n) is 6.61. The van der Waals surface area contributed by atoms with E-state index in [0.29, 0.717) is 40.1 Å². The number of anilines is 1. The maximum atomic E-state index is 13.7. The number of hydrazone groups is 1. The Morgan fingerprint density at radius 1 is 0.947 bits per heavy atom. The third-order valence-corrected chi connectivity index (χ3v) is 6.84. The molecule has 0 aliphatic carbocycles. The van der Waals surface area contributed by atoms with Crippen molar-refractivity contribution >= 4 is 40.6 Å². The first-order valence-electron chi connectivity index (χ1n) is 11.8. The van der Waals surface area contributed by atoms with E-state index in [1.165, 1.54) is 23.1 Å². The molecule has 194 valence electrons. The van der Waals surface area contributed by atoms with Crippen molar-refractivity contribution in [3.63, 3.8) is 0 Å². The first kappa shape index (κ1) is 25.3. The fraction of sp³-hybridized carbons (Fsp3) is 0.214. The highest BCUT2D eigenvalue weighted by Crippen LogP contribution is 2.38. The molecule has 2 heterocycles. The second-order valence-electron chi connectivity index (χ2n) is 8.73. The first-order valence-corrected chi connectivity index (χ1v) is 12.1. The fourth-order valence-corrected chi connectivity index (χ4v) is 4.83. The van der Waals surface area contributed by atoms with E-state index in [2.05, 4.69) is 5.10 Å². The molecular formula is C28H24ClN3O6. The molecule has 0 bridgehead atoms. The van der Waals surface area contributed by atoms with Crippen LogP contribution in [0.3, 0.4) is 0 Å². The van der Waals surface area contributed by atoms with Crippen LogP contribution in [0.4, 0.5) is 5.69 Å². The summed E-state index contributed by atoms with van der Waals surface area (Å²) in [4.78, 5) is 40.1. The maximum Gasteiger partial charge on any atom is 0.299 e. The molecule has 1 unspecified atom stereocenters. The SMILES string of the molecule is COc1ccc(C2=NN(C(=O)CN3C(=O)C(=O)c4cc(Cl)ccc43)C(c3ccc(OC)c(OC)c3)C2)cc1. The Hall–Kier alpha value is -4.37. The van der Waals surface area contributed by atoms with Crippen LogP contribution in [0.25, 0.3) is 0 Å². The van der Waals surface area contributed by atoms with Crippen molar-refractivity contribution in [1.29, 1.82) is 0 Å². The molecule has 10 heteroatoms. The molecule has 0 spiro atoms. The lowest BCUT2D eigenvalue weighted by molar-refractivity contribution is -0.132. The molecule has 3 aromatic rings. The number of hydrogen-bond acceptors (Lipinski definition) is 7. The number of benzene rings is 3. The van der Waals surface area contributed by atoms with Gasteiger partial charge in [-0.1, -0.05) is 17.7 Å². The lowest BCUT2D eigenvalue weighted by Crippen LogP contribution is -2.40. The molecule has 2 aliphatic rings. The van der Waals surface area contributed by atoms with E-state index in [9.17, 15) is 14.4 Å². The van der Waals surface area contributed by atoms with Crippen LogP contribution in [-0.4, -0.2) is 56.2 Å². The van der Waals surface area contributed by atoms with Crippen molar-refractivity contribution in [2.45, 2.75) is 12.5 Å². The molecule has 0 N–H and O–H groups in total. The summed E-state index contributed by atoms with van der Waals surface area (Å²) in [7, 11) is 4.68. The largest absolute Gasteiger partial charge is 0.497 e. The standard InChI is InChI=1S/C28H24ClN3O6/c1-36-19-8-4-16(5-9-19)21-14-23(17-6-11-24(37-2)25(12-17)38-3)32(30-21)26(33)15-31-22-10-7-18(29)13-20(22)27(34)28(31)35/h4-13,23H,14-15H2,1-3H3. The number of halogens is 1. The van der Waals surface area contributed by atoms with Crippen LogP contribution in [0, 0.1) is 0 Å². The average molecular weight is 534 g/mol. The normalized spacial score (nSPS) is 16.4. The van der Waals surface area contributed by atoms with Gasteiger partial charge in [-0.05, 0) is 65.7 Å². The molecule has 38 heavy (non-hydrogen) atoms. The quantitative estimate of drug-likeness (QED) is 0.421. The highest BCUT2D eigenvalue weighted by Gasteiger charge is 2.40. The van der Waals surface area contributed by atoms with E-state index in [1.807, 2.05) is 30.3 Å². The van der Waals surface area contributed by atoms with Gasteiger partial charge < -0.3 is 14.2 Å². The van der Waals surface area contributed by atoms with Crippen LogP contribution < -0.4 is 19.1 Å². The fourth-order valence-electron chi connectivity index (χ4n) is 4.66. The van der Waals surface area contributed by atoms with Crippen molar-refractivity contribution in [3.8, 4) is 17.2 Å². The van der Waals surface area contributed by atoms with Crippen molar-refractivity contribution in [2.75, 3.05) is 32.8 Å². The summed E-state index contributed by atoms with van der Waals surface area (Å²) >= 11 is 6.02. The Morgan fingerprint density at radius 3 is 2.37 bits per heavy atom. The number of carbonyl (C=O) groups excluding carboxylic acids is 3. The smallest absolute Gasteiger partial charge is 0.299 e. The minimum Gasteiger partial charge on any atom is -0.497 e. The van der Waals surface area contributed by atoms with Gasteiger partial charge in [-0.2, -0.15) is 5.10 Å². The summed E-state index contributed by atoms with van der Waals surface area (Å²) in [5.74, 6) is -0.154. The zero-order valence-corrected chi connectivity index (χ0v) is 21.7. The van der Waals surface area contributed by atoms with Gasteiger partial charge in [0, 0.05) is 11.4 Å². The predicted molar refractivity (Wildman–Crippen MR) is 141 cm³/mol. The van der Waals surface area contributed by atoms with Crippen molar-refractivity contribution in [1.82, 2.24) is 5.01 Å². The Bertz CT molecular complexity index is 1470. The van der Waals surface area contributed by atoms with Crippen LogP contribution in [0.2, 0.25) is 5.02 Å². The molecule has 0 fully saturated rings. The molecule has 0 saturated carbocycles. The average Bonchev–Trinajstić information content (AvgIpc) is 3.49. The van der Waals surface area contributed by atoms with Crippen LogP contribution in [0.5, 0.6) is 17.2 Å². The van der Waals surface area contributed by atoms with E-state index in [4.69, 9.17) is 25.8 Å². The number of amides is 2. The molecule has 2 aliphatic heterocycles. The Morgan fingerprint density at radius 2 is 1.68 bits per heavy atom. The Balaban J connectivity index is 1.50. The number of fused-ring (bicyclic) bond motifs is 1. The molecular weight excluding hydrogens is 510 g/mol. The van der Waals surface area contributed by atoms with Crippen molar-refractivity contribution in [2.24, 2.45) is 5.10 Å². The highest BCUT2D eigenvalue weighted by molar-refractivity contribution is 6.53. The number of nitrogens with zero attached hydrogens (tertiary/aromatic N) is 3. The van der Waals surface area contributed by atoms with Gasteiger partial charge in [0.05, 0.1) is 44.3 Å². The van der Waals surface area contributed by atoms with E-state index in [-0.39, 0.29) is 12.1 Å². The van der Waals surface area contributed by atoms with E-state index >= 15 is 0 Å². The van der Waals surface area contributed by atoms with Crippen LogP contribution in [0.1, 0.15) is 33.9 Å². The zero-order chi connectivity index (χ0) is 27.0. The summed E-state index contributed by atoms with van der Waals surface area (Å²) in [5, 5.41) is 6.37. The zero-order valence-electron chi connectivity index (χ0n) is 20.9. The van der Waals surface area contributed by atoms with E-state index in [1.54, 1.807) is 38.5 Å². The van der Waals surface area contributed by atoms with Crippen molar-refractivity contribution < 1.29 is 28.6 Å². The summed E-state index contributed by atoms with van der Waals surface area (Å²) in [6, 6.07) is 16.9. The monoisotopic (exact) mass is 533 g/mol. The number of rotatable bonds is 7. The minimum atomic E-state index is -0.781. The van der Waals surface area contributed by atoms with Gasteiger partial charge in [-0.3, -0.25) is 19.3 Å².